The summed E-state index contributed by atoms with van der Waals surface area (Å²) in [4.78, 5) is 22.6. The van der Waals surface area contributed by atoms with Gasteiger partial charge in [0.25, 0.3) is 5.91 Å². The van der Waals surface area contributed by atoms with E-state index in [1.807, 2.05) is 6.92 Å². The third-order valence-electron chi connectivity index (χ3n) is 5.30. The molecule has 2 atom stereocenters. The number of aromatic nitrogens is 6. The van der Waals surface area contributed by atoms with Crippen molar-refractivity contribution in [3.63, 3.8) is 0 Å². The molecule has 0 aliphatic carbocycles. The Hall–Kier alpha value is -3.35. The van der Waals surface area contributed by atoms with Gasteiger partial charge in [-0.15, -0.1) is 10.2 Å². The lowest BCUT2D eigenvalue weighted by Crippen LogP contribution is -2.40. The Morgan fingerprint density at radius 1 is 1.24 bits per heavy atom. The highest BCUT2D eigenvalue weighted by Crippen LogP contribution is 2.15. The molecule has 1 aliphatic heterocycles. The van der Waals surface area contributed by atoms with Gasteiger partial charge in [0, 0.05) is 6.54 Å². The number of hydrogen-bond donors (Lipinski definition) is 2. The number of ether oxygens (including phenoxy) is 2. The number of halogens is 1. The first kappa shape index (κ1) is 23.8. The van der Waals surface area contributed by atoms with Crippen molar-refractivity contribution in [2.75, 3.05) is 19.8 Å². The van der Waals surface area contributed by atoms with Crippen molar-refractivity contribution >= 4 is 5.91 Å². The van der Waals surface area contributed by atoms with E-state index in [-0.39, 0.29) is 42.7 Å². The van der Waals surface area contributed by atoms with Crippen LogP contribution in [0.5, 0.6) is 0 Å². The van der Waals surface area contributed by atoms with Gasteiger partial charge in [0.05, 0.1) is 26.4 Å². The maximum atomic E-state index is 13.7. The normalized spacial score (nSPS) is 18.1. The SMILES string of the molecule is CCc1cc(CNC(=O)c2cc(-c3nnn(C[C@@H]4CO[C@@H](CO)CO4)n3)nc(C)n2)ccc1F. The lowest BCUT2D eigenvalue weighted by atomic mass is 10.1. The Bertz CT molecular complexity index is 1150. The predicted molar refractivity (Wildman–Crippen MR) is 117 cm³/mol. The molecular weight excluding hydrogens is 445 g/mol. The summed E-state index contributed by atoms with van der Waals surface area (Å²) >= 11 is 0. The van der Waals surface area contributed by atoms with Crippen molar-refractivity contribution in [1.82, 2.24) is 35.5 Å². The molecule has 1 aliphatic rings. The van der Waals surface area contributed by atoms with Gasteiger partial charge in [-0.3, -0.25) is 4.79 Å². The maximum Gasteiger partial charge on any atom is 0.270 e. The molecule has 0 bridgehead atoms. The van der Waals surface area contributed by atoms with E-state index in [0.29, 0.717) is 43.3 Å². The van der Waals surface area contributed by atoms with Crippen LogP contribution in [0, 0.1) is 12.7 Å². The quantitative estimate of drug-likeness (QED) is 0.490. The molecule has 1 amide bonds. The number of carbonyl (C=O) groups excluding carboxylic acids is 1. The van der Waals surface area contributed by atoms with E-state index in [0.717, 1.165) is 5.56 Å². The number of aliphatic hydroxyl groups is 1. The van der Waals surface area contributed by atoms with E-state index in [4.69, 9.17) is 14.6 Å². The van der Waals surface area contributed by atoms with Gasteiger partial charge in [0.1, 0.15) is 35.2 Å². The van der Waals surface area contributed by atoms with E-state index in [1.165, 1.54) is 16.9 Å². The number of rotatable bonds is 8. The number of hydrogen-bond acceptors (Lipinski definition) is 9. The van der Waals surface area contributed by atoms with Crippen molar-refractivity contribution in [1.29, 1.82) is 0 Å². The van der Waals surface area contributed by atoms with Gasteiger partial charge in [0.2, 0.25) is 5.82 Å². The van der Waals surface area contributed by atoms with Gasteiger partial charge in [-0.1, -0.05) is 19.1 Å². The van der Waals surface area contributed by atoms with Gasteiger partial charge >= 0.3 is 0 Å². The molecule has 0 radical (unpaired) electrons. The molecular formula is C22H26FN7O4. The highest BCUT2D eigenvalue weighted by Gasteiger charge is 2.23. The minimum Gasteiger partial charge on any atom is -0.394 e. The van der Waals surface area contributed by atoms with Crippen LogP contribution in [0.4, 0.5) is 4.39 Å². The largest absolute Gasteiger partial charge is 0.394 e. The molecule has 1 fully saturated rings. The summed E-state index contributed by atoms with van der Waals surface area (Å²) in [6, 6.07) is 6.27. The average molecular weight is 471 g/mol. The fraction of sp³-hybridized carbons (Fsp3) is 0.455. The first-order chi connectivity index (χ1) is 16.4. The zero-order chi connectivity index (χ0) is 24.1. The Labute approximate surface area is 195 Å². The molecule has 0 saturated carbocycles. The topological polar surface area (TPSA) is 137 Å². The van der Waals surface area contributed by atoms with Crippen molar-refractivity contribution < 1.29 is 23.8 Å². The van der Waals surface area contributed by atoms with Crippen LogP contribution in [0.2, 0.25) is 0 Å². The second-order valence-electron chi connectivity index (χ2n) is 7.91. The summed E-state index contributed by atoms with van der Waals surface area (Å²) in [5.74, 6) is -0.0254. The maximum absolute atomic E-state index is 13.7. The number of amides is 1. The van der Waals surface area contributed by atoms with Crippen molar-refractivity contribution in [3.05, 3.63) is 52.7 Å². The number of aryl methyl sites for hydroxylation is 2. The number of carbonyl (C=O) groups is 1. The molecule has 0 spiro atoms. The van der Waals surface area contributed by atoms with Crippen molar-refractivity contribution in [2.45, 2.75) is 45.6 Å². The second kappa shape index (κ2) is 10.7. The van der Waals surface area contributed by atoms with E-state index >= 15 is 0 Å². The molecule has 12 heteroatoms. The summed E-state index contributed by atoms with van der Waals surface area (Å²) in [6.45, 7) is 4.61. The Morgan fingerprint density at radius 3 is 2.76 bits per heavy atom. The van der Waals surface area contributed by atoms with E-state index in [1.54, 1.807) is 19.1 Å². The fourth-order valence-corrected chi connectivity index (χ4v) is 3.48. The second-order valence-corrected chi connectivity index (χ2v) is 7.91. The van der Waals surface area contributed by atoms with Gasteiger partial charge in [0.15, 0.2) is 0 Å². The van der Waals surface area contributed by atoms with Crippen LogP contribution in [0.25, 0.3) is 11.5 Å². The van der Waals surface area contributed by atoms with Gasteiger partial charge in [-0.2, -0.15) is 4.80 Å². The molecule has 1 aromatic carbocycles. The summed E-state index contributed by atoms with van der Waals surface area (Å²) in [5.41, 5.74) is 1.91. The molecule has 4 rings (SSSR count). The lowest BCUT2D eigenvalue weighted by molar-refractivity contribution is -0.150. The number of benzene rings is 1. The standard InChI is InChI=1S/C22H26FN7O4/c1-3-15-6-14(4-5-18(15)23)8-24-22(32)20-7-19(25-13(2)26-20)21-27-29-30(28-21)9-16-11-34-17(10-31)12-33-16/h4-7,16-17,31H,3,8-12H2,1-2H3,(H,24,32)/t16-,17+/m1/s1. The predicted octanol–water partition coefficient (Wildman–Crippen LogP) is 0.846. The van der Waals surface area contributed by atoms with Crippen LogP contribution in [-0.4, -0.2) is 73.2 Å². The highest BCUT2D eigenvalue weighted by molar-refractivity contribution is 5.93. The lowest BCUT2D eigenvalue weighted by Gasteiger charge is -2.27. The van der Waals surface area contributed by atoms with Crippen LogP contribution >= 0.6 is 0 Å². The summed E-state index contributed by atoms with van der Waals surface area (Å²) in [6.07, 6.45) is -0.0161. The molecule has 11 nitrogen and oxygen atoms in total. The summed E-state index contributed by atoms with van der Waals surface area (Å²) in [5, 5.41) is 24.3. The third-order valence-corrected chi connectivity index (χ3v) is 5.30. The molecule has 2 N–H and O–H groups in total. The molecule has 180 valence electrons. The molecule has 1 saturated heterocycles. The zero-order valence-corrected chi connectivity index (χ0v) is 18.9. The number of aliphatic hydroxyl groups excluding tert-OH is 1. The molecule has 3 heterocycles. The zero-order valence-electron chi connectivity index (χ0n) is 18.9. The molecule has 2 aromatic heterocycles. The molecule has 34 heavy (non-hydrogen) atoms. The minimum absolute atomic E-state index is 0.0922. The summed E-state index contributed by atoms with van der Waals surface area (Å²) in [7, 11) is 0. The highest BCUT2D eigenvalue weighted by atomic mass is 19.1. The van der Waals surface area contributed by atoms with Gasteiger partial charge in [-0.05, 0) is 41.8 Å². The van der Waals surface area contributed by atoms with Crippen LogP contribution < -0.4 is 5.32 Å². The van der Waals surface area contributed by atoms with Crippen molar-refractivity contribution in [2.24, 2.45) is 0 Å². The smallest absolute Gasteiger partial charge is 0.270 e. The van der Waals surface area contributed by atoms with E-state index in [2.05, 4.69) is 30.7 Å². The summed E-state index contributed by atoms with van der Waals surface area (Å²) < 4.78 is 24.8. The van der Waals surface area contributed by atoms with Crippen LogP contribution in [0.3, 0.4) is 0 Å². The monoisotopic (exact) mass is 471 g/mol. The Morgan fingerprint density at radius 2 is 2.03 bits per heavy atom. The fourth-order valence-electron chi connectivity index (χ4n) is 3.48. The van der Waals surface area contributed by atoms with Crippen LogP contribution in [-0.2, 0) is 29.0 Å². The van der Waals surface area contributed by atoms with Crippen LogP contribution in [0.1, 0.15) is 34.4 Å². The number of nitrogens with one attached hydrogen (secondary N) is 1. The van der Waals surface area contributed by atoms with E-state index in [9.17, 15) is 9.18 Å². The van der Waals surface area contributed by atoms with Gasteiger partial charge < -0.3 is 19.9 Å². The minimum atomic E-state index is -0.396. The van der Waals surface area contributed by atoms with Gasteiger partial charge in [-0.25, -0.2) is 14.4 Å². The Kier molecular flexibility index (Phi) is 7.50. The van der Waals surface area contributed by atoms with E-state index < -0.39 is 5.91 Å². The Balaban J connectivity index is 1.41. The number of nitrogens with zero attached hydrogens (tertiary/aromatic N) is 6. The molecule has 0 unspecified atom stereocenters. The third kappa shape index (κ3) is 5.76. The first-order valence-corrected chi connectivity index (χ1v) is 11.0. The van der Waals surface area contributed by atoms with Crippen molar-refractivity contribution in [3.8, 4) is 11.5 Å². The first-order valence-electron chi connectivity index (χ1n) is 11.0. The van der Waals surface area contributed by atoms with Crippen LogP contribution in [0.15, 0.2) is 24.3 Å². The molecule has 3 aromatic rings. The number of tetrazole rings is 1. The average Bonchev–Trinajstić information content (AvgIpc) is 3.32.